The molecular formula is C19H27N5O5. The van der Waals surface area contributed by atoms with E-state index in [4.69, 9.17) is 10.2 Å². The van der Waals surface area contributed by atoms with Gasteiger partial charge in [-0.1, -0.05) is 12.1 Å². The summed E-state index contributed by atoms with van der Waals surface area (Å²) in [6.45, 7) is 6.84. The molecule has 0 bridgehead atoms. The minimum atomic E-state index is -0.856. The molecule has 1 aliphatic heterocycles. The number of imidazole rings is 1. The van der Waals surface area contributed by atoms with Crippen LogP contribution in [0.3, 0.4) is 0 Å². The molecule has 10 heteroatoms. The molecule has 1 aromatic carbocycles. The van der Waals surface area contributed by atoms with E-state index in [9.17, 15) is 14.9 Å². The van der Waals surface area contributed by atoms with Crippen molar-refractivity contribution in [3.8, 4) is 0 Å². The Kier molecular flexibility index (Phi) is 8.25. The number of likely N-dealkylation sites (N-methyl/N-ethyl adjacent to an activating group) is 1. The van der Waals surface area contributed by atoms with Gasteiger partial charge in [0, 0.05) is 39.6 Å². The van der Waals surface area contributed by atoms with Crippen LogP contribution in [0.2, 0.25) is 0 Å². The summed E-state index contributed by atoms with van der Waals surface area (Å²) in [6, 6.07) is 7.20. The fourth-order valence-corrected chi connectivity index (χ4v) is 3.05. The zero-order chi connectivity index (χ0) is 21.4. The lowest BCUT2D eigenvalue weighted by Crippen LogP contribution is -2.43. The summed E-state index contributed by atoms with van der Waals surface area (Å²) in [5.41, 5.74) is 1.45. The van der Waals surface area contributed by atoms with Crippen LogP contribution in [-0.4, -0.2) is 80.3 Å². The number of carbonyl (C=O) groups is 1. The molecule has 3 rings (SSSR count). The lowest BCUT2D eigenvalue weighted by Gasteiger charge is -2.32. The van der Waals surface area contributed by atoms with Gasteiger partial charge in [-0.05, 0) is 29.7 Å². The Labute approximate surface area is 169 Å². The van der Waals surface area contributed by atoms with Crippen LogP contribution in [0.15, 0.2) is 30.5 Å². The van der Waals surface area contributed by atoms with Gasteiger partial charge in [-0.25, -0.2) is 14.3 Å². The van der Waals surface area contributed by atoms with Crippen molar-refractivity contribution in [2.75, 3.05) is 39.8 Å². The largest absolute Gasteiger partial charge is 0.478 e. The van der Waals surface area contributed by atoms with Gasteiger partial charge in [-0.3, -0.25) is 4.90 Å². The van der Waals surface area contributed by atoms with Gasteiger partial charge in [0.2, 0.25) is 0 Å². The van der Waals surface area contributed by atoms with Crippen LogP contribution in [0, 0.1) is 17.0 Å². The number of hydrogen-bond acceptors (Lipinski definition) is 7. The van der Waals surface area contributed by atoms with Crippen LogP contribution in [0.4, 0.5) is 5.82 Å². The van der Waals surface area contributed by atoms with Crippen LogP contribution < -0.4 is 0 Å². The highest BCUT2D eigenvalue weighted by atomic mass is 16.6. The Morgan fingerprint density at radius 3 is 2.55 bits per heavy atom. The van der Waals surface area contributed by atoms with Crippen LogP contribution in [-0.2, 0) is 13.1 Å². The van der Waals surface area contributed by atoms with Crippen molar-refractivity contribution in [1.82, 2.24) is 19.4 Å². The molecule has 1 aliphatic rings. The van der Waals surface area contributed by atoms with Crippen molar-refractivity contribution in [2.45, 2.75) is 20.0 Å². The number of aliphatic hydroxyl groups excluding tert-OH is 1. The molecule has 0 spiro atoms. The van der Waals surface area contributed by atoms with Crippen LogP contribution >= 0.6 is 0 Å². The van der Waals surface area contributed by atoms with Crippen molar-refractivity contribution in [3.63, 3.8) is 0 Å². The van der Waals surface area contributed by atoms with Gasteiger partial charge < -0.3 is 25.2 Å². The van der Waals surface area contributed by atoms with Crippen LogP contribution in [0.25, 0.3) is 0 Å². The summed E-state index contributed by atoms with van der Waals surface area (Å²) in [4.78, 5) is 29.2. The first-order chi connectivity index (χ1) is 13.8. The molecule has 1 saturated heterocycles. The Bertz CT molecular complexity index is 830. The number of hydrogen-bond donors (Lipinski definition) is 2. The number of nitro groups is 1. The monoisotopic (exact) mass is 405 g/mol. The summed E-state index contributed by atoms with van der Waals surface area (Å²) in [5, 5.41) is 27.9. The van der Waals surface area contributed by atoms with E-state index in [1.807, 2.05) is 12.1 Å². The number of rotatable bonds is 6. The number of carboxylic acid groups (broad SMARTS) is 1. The third-order valence-corrected chi connectivity index (χ3v) is 4.72. The number of aromatic nitrogens is 2. The first-order valence-corrected chi connectivity index (χ1v) is 9.32. The number of aromatic carboxylic acids is 1. The third-order valence-electron chi connectivity index (χ3n) is 4.72. The van der Waals surface area contributed by atoms with Gasteiger partial charge in [-0.15, -0.1) is 0 Å². The Morgan fingerprint density at radius 2 is 1.97 bits per heavy atom. The quantitative estimate of drug-likeness (QED) is 0.543. The molecule has 29 heavy (non-hydrogen) atoms. The Morgan fingerprint density at radius 1 is 1.28 bits per heavy atom. The molecule has 1 aromatic heterocycles. The van der Waals surface area contributed by atoms with Gasteiger partial charge in [-0.2, -0.15) is 0 Å². The number of benzene rings is 1. The lowest BCUT2D eigenvalue weighted by molar-refractivity contribution is -0.392. The van der Waals surface area contributed by atoms with Crippen LogP contribution in [0.1, 0.15) is 21.7 Å². The Hall–Kier alpha value is -2.82. The van der Waals surface area contributed by atoms with Crippen molar-refractivity contribution in [1.29, 1.82) is 0 Å². The maximum Gasteiger partial charge on any atom is 0.342 e. The molecule has 0 atom stereocenters. The second-order valence-corrected chi connectivity index (χ2v) is 6.88. The van der Waals surface area contributed by atoms with E-state index in [1.165, 1.54) is 10.8 Å². The molecule has 10 nitrogen and oxygen atoms in total. The Balaban J connectivity index is 0.000000221. The van der Waals surface area contributed by atoms with Gasteiger partial charge in [0.25, 0.3) is 0 Å². The molecule has 0 aliphatic carbocycles. The molecule has 2 aromatic rings. The summed E-state index contributed by atoms with van der Waals surface area (Å²) in [7, 11) is 2.13. The molecule has 2 heterocycles. The molecule has 1 fully saturated rings. The van der Waals surface area contributed by atoms with Gasteiger partial charge in [0.1, 0.15) is 12.7 Å². The second kappa shape index (κ2) is 10.6. The molecule has 0 unspecified atom stereocenters. The molecule has 158 valence electrons. The van der Waals surface area contributed by atoms with Gasteiger partial charge >= 0.3 is 11.8 Å². The van der Waals surface area contributed by atoms with Crippen molar-refractivity contribution in [3.05, 3.63) is 57.5 Å². The zero-order valence-corrected chi connectivity index (χ0v) is 16.7. The number of piperazine rings is 1. The van der Waals surface area contributed by atoms with Gasteiger partial charge in [0.05, 0.1) is 12.2 Å². The fraction of sp³-hybridized carbons (Fsp3) is 0.474. The molecule has 0 saturated carbocycles. The summed E-state index contributed by atoms with van der Waals surface area (Å²) < 4.78 is 1.36. The highest BCUT2D eigenvalue weighted by Gasteiger charge is 2.16. The highest BCUT2D eigenvalue weighted by molar-refractivity contribution is 5.87. The van der Waals surface area contributed by atoms with Gasteiger partial charge in [0.15, 0.2) is 5.82 Å². The molecular weight excluding hydrogens is 378 g/mol. The molecule has 2 N–H and O–H groups in total. The highest BCUT2D eigenvalue weighted by Crippen LogP contribution is 2.12. The number of carboxylic acids is 1. The smallest absolute Gasteiger partial charge is 0.342 e. The van der Waals surface area contributed by atoms with Crippen molar-refractivity contribution < 1.29 is 19.9 Å². The summed E-state index contributed by atoms with van der Waals surface area (Å²) in [6.07, 6.45) is 1.19. The standard InChI is InChI=1S/C13H18N2O2.C6H9N3O3/c1-14-5-7-15(8-6-14)10-11-3-2-4-12(9-11)13(16)17;1-5-7-4-6(9(11)12)8(5)2-3-10/h2-4,9H,5-8,10H2,1H3,(H,16,17);4,10H,2-3H2,1H3. The lowest BCUT2D eigenvalue weighted by atomic mass is 10.1. The van der Waals surface area contributed by atoms with E-state index < -0.39 is 10.9 Å². The van der Waals surface area contributed by atoms with E-state index in [1.54, 1.807) is 19.1 Å². The molecule has 0 radical (unpaired) electrons. The first-order valence-electron chi connectivity index (χ1n) is 9.32. The average molecular weight is 405 g/mol. The predicted octanol–water partition coefficient (Wildman–Crippen LogP) is 1.22. The van der Waals surface area contributed by atoms with Crippen molar-refractivity contribution >= 4 is 11.8 Å². The second-order valence-electron chi connectivity index (χ2n) is 6.88. The van der Waals surface area contributed by atoms with E-state index >= 15 is 0 Å². The van der Waals surface area contributed by atoms with E-state index in [2.05, 4.69) is 21.8 Å². The first kappa shape index (κ1) is 22.5. The van der Waals surface area contributed by atoms with Crippen molar-refractivity contribution in [2.24, 2.45) is 0 Å². The van der Waals surface area contributed by atoms with E-state index in [-0.39, 0.29) is 19.0 Å². The summed E-state index contributed by atoms with van der Waals surface area (Å²) in [5.74, 6) is -0.400. The fourth-order valence-electron chi connectivity index (χ4n) is 3.05. The third kappa shape index (κ3) is 6.63. The zero-order valence-electron chi connectivity index (χ0n) is 16.7. The van der Waals surface area contributed by atoms with Crippen LogP contribution in [0.5, 0.6) is 0 Å². The van der Waals surface area contributed by atoms with E-state index in [0.29, 0.717) is 11.4 Å². The summed E-state index contributed by atoms with van der Waals surface area (Å²) >= 11 is 0. The average Bonchev–Trinajstić information content (AvgIpc) is 3.06. The topological polar surface area (TPSA) is 125 Å². The number of aryl methyl sites for hydroxylation is 1. The molecule has 0 amide bonds. The number of nitrogens with zero attached hydrogens (tertiary/aromatic N) is 5. The minimum Gasteiger partial charge on any atom is -0.478 e. The maximum atomic E-state index is 10.9. The predicted molar refractivity (Wildman–Crippen MR) is 107 cm³/mol. The minimum absolute atomic E-state index is 0.0819. The van der Waals surface area contributed by atoms with E-state index in [0.717, 1.165) is 38.3 Å². The normalized spacial score (nSPS) is 14.9. The number of aliphatic hydroxyl groups is 1. The SMILES string of the molecule is CN1CCN(Cc2cccc(C(=O)O)c2)CC1.Cc1ncc([N+](=O)[O-])n1CCO. The maximum absolute atomic E-state index is 10.9.